The number of hydrogen-bond donors (Lipinski definition) is 0. The molecule has 5 nitrogen and oxygen atoms in total. The Morgan fingerprint density at radius 2 is 2.39 bits per heavy atom. The van der Waals surface area contributed by atoms with E-state index in [2.05, 4.69) is 15.1 Å². The van der Waals surface area contributed by atoms with Crippen LogP contribution in [0.1, 0.15) is 10.4 Å². The van der Waals surface area contributed by atoms with Gasteiger partial charge in [-0.25, -0.2) is 0 Å². The van der Waals surface area contributed by atoms with Crippen LogP contribution in [-0.2, 0) is 6.61 Å². The minimum Gasteiger partial charge on any atom is -0.472 e. The van der Waals surface area contributed by atoms with Gasteiger partial charge in [0.2, 0.25) is 5.88 Å². The quantitative estimate of drug-likeness (QED) is 0.692. The molecular formula is C11H9ClN4OS. The first-order valence-corrected chi connectivity index (χ1v) is 6.52. The number of rotatable bonds is 3. The van der Waals surface area contributed by atoms with Crippen molar-refractivity contribution in [2.75, 3.05) is 0 Å². The summed E-state index contributed by atoms with van der Waals surface area (Å²) < 4.78 is 7.33. The number of thiophene rings is 1. The first-order valence-electron chi connectivity index (χ1n) is 5.26. The SMILES string of the molecule is Cc1c(Cl)nc2ncnn2c1OCc1cccs1. The Hall–Kier alpha value is -1.66. The van der Waals surface area contributed by atoms with E-state index in [0.717, 1.165) is 10.4 Å². The summed E-state index contributed by atoms with van der Waals surface area (Å²) in [6.45, 7) is 2.33. The number of hydrogen-bond acceptors (Lipinski definition) is 5. The Bertz CT molecular complexity index is 680. The van der Waals surface area contributed by atoms with Crippen molar-refractivity contribution in [1.82, 2.24) is 19.6 Å². The number of nitrogens with zero attached hydrogens (tertiary/aromatic N) is 4. The minimum atomic E-state index is 0.386. The van der Waals surface area contributed by atoms with Gasteiger partial charge >= 0.3 is 0 Å². The minimum absolute atomic E-state index is 0.386. The van der Waals surface area contributed by atoms with Gasteiger partial charge in [0.25, 0.3) is 5.78 Å². The van der Waals surface area contributed by atoms with Crippen molar-refractivity contribution in [3.8, 4) is 5.88 Å². The third-order valence-corrected chi connectivity index (χ3v) is 3.70. The van der Waals surface area contributed by atoms with Crippen LogP contribution in [0.15, 0.2) is 23.8 Å². The third-order valence-electron chi connectivity index (χ3n) is 2.48. The molecule has 3 aromatic rings. The van der Waals surface area contributed by atoms with Gasteiger partial charge in [0.1, 0.15) is 18.1 Å². The van der Waals surface area contributed by atoms with Crippen LogP contribution < -0.4 is 4.74 Å². The van der Waals surface area contributed by atoms with Crippen LogP contribution in [0.25, 0.3) is 5.78 Å². The predicted molar refractivity (Wildman–Crippen MR) is 69.2 cm³/mol. The highest BCUT2D eigenvalue weighted by Gasteiger charge is 2.13. The summed E-state index contributed by atoms with van der Waals surface area (Å²) in [7, 11) is 0. The summed E-state index contributed by atoms with van der Waals surface area (Å²) in [4.78, 5) is 9.26. The fourth-order valence-corrected chi connectivity index (χ4v) is 2.35. The molecular weight excluding hydrogens is 272 g/mol. The van der Waals surface area contributed by atoms with Gasteiger partial charge in [0.05, 0.1) is 0 Å². The normalized spacial score (nSPS) is 11.0. The molecule has 0 saturated carbocycles. The largest absolute Gasteiger partial charge is 0.472 e. The van der Waals surface area contributed by atoms with Gasteiger partial charge < -0.3 is 4.74 Å². The van der Waals surface area contributed by atoms with Gasteiger partial charge in [-0.3, -0.25) is 0 Å². The van der Waals surface area contributed by atoms with E-state index in [-0.39, 0.29) is 0 Å². The fourth-order valence-electron chi connectivity index (χ4n) is 1.58. The number of fused-ring (bicyclic) bond motifs is 1. The Labute approximate surface area is 112 Å². The Morgan fingerprint density at radius 1 is 1.50 bits per heavy atom. The van der Waals surface area contributed by atoms with Crippen molar-refractivity contribution in [2.24, 2.45) is 0 Å². The zero-order chi connectivity index (χ0) is 12.5. The van der Waals surface area contributed by atoms with Gasteiger partial charge in [-0.05, 0) is 18.4 Å². The molecule has 0 N–H and O–H groups in total. The molecule has 3 heterocycles. The Kier molecular flexibility index (Phi) is 2.89. The summed E-state index contributed by atoms with van der Waals surface area (Å²) >= 11 is 7.68. The topological polar surface area (TPSA) is 52.3 Å². The molecule has 0 aliphatic heterocycles. The first kappa shape index (κ1) is 11.4. The van der Waals surface area contributed by atoms with Crippen LogP contribution in [0, 0.1) is 6.92 Å². The van der Waals surface area contributed by atoms with Crippen LogP contribution >= 0.6 is 22.9 Å². The molecule has 7 heteroatoms. The predicted octanol–water partition coefficient (Wildman–Crippen LogP) is 2.73. The second-order valence-electron chi connectivity index (χ2n) is 3.67. The zero-order valence-electron chi connectivity index (χ0n) is 9.50. The molecule has 0 aromatic carbocycles. The van der Waals surface area contributed by atoms with Crippen molar-refractivity contribution < 1.29 is 4.74 Å². The molecule has 0 atom stereocenters. The first-order chi connectivity index (χ1) is 8.75. The van der Waals surface area contributed by atoms with Crippen molar-refractivity contribution in [3.05, 3.63) is 39.4 Å². The van der Waals surface area contributed by atoms with Crippen LogP contribution in [-0.4, -0.2) is 19.6 Å². The van der Waals surface area contributed by atoms with Crippen LogP contribution in [0.2, 0.25) is 5.15 Å². The lowest BCUT2D eigenvalue weighted by molar-refractivity contribution is 0.286. The summed E-state index contributed by atoms with van der Waals surface area (Å²) in [5, 5.41) is 6.48. The zero-order valence-corrected chi connectivity index (χ0v) is 11.1. The maximum absolute atomic E-state index is 6.04. The Balaban J connectivity index is 1.99. The van der Waals surface area contributed by atoms with E-state index in [0.29, 0.717) is 23.4 Å². The molecule has 92 valence electrons. The lowest BCUT2D eigenvalue weighted by Crippen LogP contribution is -2.04. The number of ether oxygens (including phenoxy) is 1. The van der Waals surface area contributed by atoms with E-state index in [1.165, 1.54) is 6.33 Å². The molecule has 0 aliphatic rings. The van der Waals surface area contributed by atoms with Gasteiger partial charge in [-0.15, -0.1) is 11.3 Å². The van der Waals surface area contributed by atoms with Gasteiger partial charge in [0, 0.05) is 10.4 Å². The second kappa shape index (κ2) is 4.55. The maximum Gasteiger partial charge on any atom is 0.256 e. The highest BCUT2D eigenvalue weighted by atomic mass is 35.5. The van der Waals surface area contributed by atoms with E-state index in [4.69, 9.17) is 16.3 Å². The van der Waals surface area contributed by atoms with Gasteiger partial charge in [-0.1, -0.05) is 17.7 Å². The molecule has 0 unspecified atom stereocenters. The van der Waals surface area contributed by atoms with Crippen LogP contribution in [0.4, 0.5) is 0 Å². The molecule has 0 spiro atoms. The Morgan fingerprint density at radius 3 is 3.17 bits per heavy atom. The van der Waals surface area contributed by atoms with Crippen molar-refractivity contribution in [1.29, 1.82) is 0 Å². The molecule has 0 bridgehead atoms. The van der Waals surface area contributed by atoms with Crippen LogP contribution in [0.5, 0.6) is 5.88 Å². The summed E-state index contributed by atoms with van der Waals surface area (Å²) in [6.07, 6.45) is 1.43. The molecule has 0 radical (unpaired) electrons. The number of aromatic nitrogens is 4. The molecule has 0 saturated heterocycles. The fraction of sp³-hybridized carbons (Fsp3) is 0.182. The van der Waals surface area contributed by atoms with Crippen molar-refractivity contribution >= 4 is 28.7 Å². The van der Waals surface area contributed by atoms with E-state index in [1.54, 1.807) is 15.9 Å². The summed E-state index contributed by atoms with van der Waals surface area (Å²) in [6, 6.07) is 4.00. The van der Waals surface area contributed by atoms with Gasteiger partial charge in [0.15, 0.2) is 0 Å². The van der Waals surface area contributed by atoms with Crippen molar-refractivity contribution in [3.63, 3.8) is 0 Å². The molecule has 0 aliphatic carbocycles. The molecule has 0 amide bonds. The van der Waals surface area contributed by atoms with Gasteiger partial charge in [-0.2, -0.15) is 19.6 Å². The average Bonchev–Trinajstić information content (AvgIpc) is 3.00. The summed E-state index contributed by atoms with van der Waals surface area (Å²) in [5.74, 6) is 1.02. The molecule has 0 fully saturated rings. The number of halogens is 1. The maximum atomic E-state index is 6.04. The average molecular weight is 281 g/mol. The second-order valence-corrected chi connectivity index (χ2v) is 5.06. The van der Waals surface area contributed by atoms with Crippen molar-refractivity contribution in [2.45, 2.75) is 13.5 Å². The highest BCUT2D eigenvalue weighted by Crippen LogP contribution is 2.25. The standard InChI is InChI=1S/C11H9ClN4OS/c1-7-9(12)15-11-13-6-14-16(11)10(7)17-5-8-3-2-4-18-8/h2-4,6H,5H2,1H3. The van der Waals surface area contributed by atoms with E-state index < -0.39 is 0 Å². The highest BCUT2D eigenvalue weighted by molar-refractivity contribution is 7.09. The van der Waals surface area contributed by atoms with E-state index in [9.17, 15) is 0 Å². The van der Waals surface area contributed by atoms with Crippen LogP contribution in [0.3, 0.4) is 0 Å². The lowest BCUT2D eigenvalue weighted by Gasteiger charge is -2.09. The van der Waals surface area contributed by atoms with E-state index in [1.807, 2.05) is 24.4 Å². The monoisotopic (exact) mass is 280 g/mol. The smallest absolute Gasteiger partial charge is 0.256 e. The molecule has 18 heavy (non-hydrogen) atoms. The lowest BCUT2D eigenvalue weighted by atomic mass is 10.4. The van der Waals surface area contributed by atoms with E-state index >= 15 is 0 Å². The third kappa shape index (κ3) is 1.93. The molecule has 3 aromatic heterocycles. The molecule has 3 rings (SSSR count). The summed E-state index contributed by atoms with van der Waals surface area (Å²) in [5.41, 5.74) is 0.756.